The molecule has 0 spiro atoms. The number of thioether (sulfide) groups is 1. The minimum Gasteiger partial charge on any atom is -0.496 e. The number of hydrogen-bond acceptors (Lipinski definition) is 4. The van der Waals surface area contributed by atoms with Gasteiger partial charge in [-0.2, -0.15) is 0 Å². The van der Waals surface area contributed by atoms with Crippen LogP contribution in [0, 0.1) is 0 Å². The number of nitrogens with zero attached hydrogens (tertiary/aromatic N) is 1. The van der Waals surface area contributed by atoms with Gasteiger partial charge in [-0.1, -0.05) is 30.0 Å². The van der Waals surface area contributed by atoms with Crippen molar-refractivity contribution < 1.29 is 14.3 Å². The summed E-state index contributed by atoms with van der Waals surface area (Å²) in [7, 11) is 1.60. The van der Waals surface area contributed by atoms with Crippen LogP contribution in [0.4, 0.5) is 4.79 Å². The Balaban J connectivity index is 2.15. The first-order valence-corrected chi connectivity index (χ1v) is 6.69. The topological polar surface area (TPSA) is 46.6 Å². The Bertz CT molecular complexity index is 475. The van der Waals surface area contributed by atoms with Gasteiger partial charge >= 0.3 is 0 Å². The van der Waals surface area contributed by atoms with Crippen LogP contribution in [-0.2, 0) is 11.2 Å². The highest BCUT2D eigenvalue weighted by Gasteiger charge is 2.38. The average Bonchev–Trinajstić information content (AvgIpc) is 2.65. The van der Waals surface area contributed by atoms with Gasteiger partial charge in [0.05, 0.1) is 12.4 Å². The van der Waals surface area contributed by atoms with E-state index in [1.54, 1.807) is 7.11 Å². The molecule has 0 N–H and O–H groups in total. The van der Waals surface area contributed by atoms with Crippen molar-refractivity contribution in [1.82, 2.24) is 4.90 Å². The molecule has 1 fully saturated rings. The molecule has 0 unspecified atom stereocenters. The van der Waals surface area contributed by atoms with Crippen LogP contribution in [0.15, 0.2) is 24.3 Å². The van der Waals surface area contributed by atoms with E-state index >= 15 is 0 Å². The predicted octanol–water partition coefficient (Wildman–Crippen LogP) is 2.32. The van der Waals surface area contributed by atoms with Crippen LogP contribution in [0.5, 0.6) is 5.75 Å². The van der Waals surface area contributed by atoms with Crippen LogP contribution >= 0.6 is 11.8 Å². The number of hydrogen-bond donors (Lipinski definition) is 0. The van der Waals surface area contributed by atoms with E-state index in [1.165, 1.54) is 4.90 Å². The SMILES string of the molecule is CCN1C(=O)S[C@@H](Cc2ccccc2OC)C1=O. The molecule has 1 aromatic rings. The number of ether oxygens (including phenoxy) is 1. The molecule has 18 heavy (non-hydrogen) atoms. The largest absolute Gasteiger partial charge is 0.496 e. The summed E-state index contributed by atoms with van der Waals surface area (Å²) in [5.41, 5.74) is 0.955. The van der Waals surface area contributed by atoms with Crippen molar-refractivity contribution >= 4 is 22.9 Å². The summed E-state index contributed by atoms with van der Waals surface area (Å²) in [5.74, 6) is 0.659. The van der Waals surface area contributed by atoms with E-state index < -0.39 is 0 Å². The smallest absolute Gasteiger partial charge is 0.289 e. The Morgan fingerprint density at radius 1 is 1.33 bits per heavy atom. The molecule has 0 aliphatic carbocycles. The fraction of sp³-hybridized carbons (Fsp3) is 0.385. The normalized spacial score (nSPS) is 19.4. The van der Waals surface area contributed by atoms with Crippen molar-refractivity contribution in [2.45, 2.75) is 18.6 Å². The molecule has 1 aromatic carbocycles. The fourth-order valence-electron chi connectivity index (χ4n) is 1.98. The highest BCUT2D eigenvalue weighted by atomic mass is 32.2. The Morgan fingerprint density at radius 3 is 2.67 bits per heavy atom. The maximum Gasteiger partial charge on any atom is 0.289 e. The summed E-state index contributed by atoms with van der Waals surface area (Å²) in [4.78, 5) is 24.9. The third-order valence-corrected chi connectivity index (χ3v) is 3.99. The first-order valence-electron chi connectivity index (χ1n) is 5.81. The van der Waals surface area contributed by atoms with Crippen molar-refractivity contribution in [2.24, 2.45) is 0 Å². The lowest BCUT2D eigenvalue weighted by molar-refractivity contribution is -0.126. The molecule has 0 saturated carbocycles. The molecule has 4 nitrogen and oxygen atoms in total. The minimum atomic E-state index is -0.325. The molecule has 1 saturated heterocycles. The van der Waals surface area contributed by atoms with Crippen molar-refractivity contribution in [3.63, 3.8) is 0 Å². The second-order valence-electron chi connectivity index (χ2n) is 3.97. The molecule has 1 aliphatic heterocycles. The zero-order valence-electron chi connectivity index (χ0n) is 10.4. The standard InChI is InChI=1S/C13H15NO3S/c1-3-14-12(15)11(18-13(14)16)8-9-6-4-5-7-10(9)17-2/h4-7,11H,3,8H2,1-2H3/t11-/m0/s1. The van der Waals surface area contributed by atoms with Crippen LogP contribution in [0.3, 0.4) is 0 Å². The van der Waals surface area contributed by atoms with Crippen molar-refractivity contribution in [3.05, 3.63) is 29.8 Å². The third-order valence-electron chi connectivity index (χ3n) is 2.92. The Hall–Kier alpha value is -1.49. The second kappa shape index (κ2) is 5.44. The summed E-state index contributed by atoms with van der Waals surface area (Å²) >= 11 is 1.10. The number of carbonyl (C=O) groups excluding carboxylic acids is 2. The molecular weight excluding hydrogens is 250 g/mol. The van der Waals surface area contributed by atoms with E-state index in [2.05, 4.69) is 0 Å². The first-order chi connectivity index (χ1) is 8.67. The zero-order chi connectivity index (χ0) is 13.1. The molecule has 0 bridgehead atoms. The van der Waals surface area contributed by atoms with Gasteiger partial charge in [0.25, 0.3) is 5.24 Å². The fourth-order valence-corrected chi connectivity index (χ4v) is 3.07. The maximum absolute atomic E-state index is 12.0. The van der Waals surface area contributed by atoms with E-state index in [9.17, 15) is 9.59 Å². The third kappa shape index (κ3) is 2.36. The molecule has 0 aromatic heterocycles. The minimum absolute atomic E-state index is 0.0987. The quantitative estimate of drug-likeness (QED) is 0.838. The number of amides is 2. The summed E-state index contributed by atoms with van der Waals surface area (Å²) in [6.07, 6.45) is 0.524. The monoisotopic (exact) mass is 265 g/mol. The van der Waals surface area contributed by atoms with Crippen LogP contribution in [-0.4, -0.2) is 35.0 Å². The van der Waals surface area contributed by atoms with Crippen LogP contribution in [0.25, 0.3) is 0 Å². The van der Waals surface area contributed by atoms with E-state index in [1.807, 2.05) is 31.2 Å². The number of para-hydroxylation sites is 1. The zero-order valence-corrected chi connectivity index (χ0v) is 11.2. The molecule has 0 radical (unpaired) electrons. The highest BCUT2D eigenvalue weighted by Crippen LogP contribution is 2.31. The summed E-state index contributed by atoms with van der Waals surface area (Å²) in [6, 6.07) is 7.57. The van der Waals surface area contributed by atoms with Gasteiger partial charge in [0.15, 0.2) is 0 Å². The van der Waals surface area contributed by atoms with Crippen molar-refractivity contribution in [2.75, 3.05) is 13.7 Å². The van der Waals surface area contributed by atoms with Gasteiger partial charge in [0.1, 0.15) is 5.75 Å². The van der Waals surface area contributed by atoms with Gasteiger partial charge in [-0.3, -0.25) is 14.5 Å². The number of carbonyl (C=O) groups is 2. The Kier molecular flexibility index (Phi) is 3.91. The summed E-state index contributed by atoms with van der Waals surface area (Å²) in [5, 5.41) is -0.476. The van der Waals surface area contributed by atoms with E-state index in [0.717, 1.165) is 23.1 Å². The molecule has 2 amide bonds. The van der Waals surface area contributed by atoms with Gasteiger partial charge in [-0.05, 0) is 25.0 Å². The van der Waals surface area contributed by atoms with E-state index in [4.69, 9.17) is 4.74 Å². The van der Waals surface area contributed by atoms with E-state index in [-0.39, 0.29) is 16.4 Å². The highest BCUT2D eigenvalue weighted by molar-refractivity contribution is 8.15. The van der Waals surface area contributed by atoms with Gasteiger partial charge in [0, 0.05) is 6.54 Å². The second-order valence-corrected chi connectivity index (χ2v) is 5.12. The number of rotatable bonds is 4. The predicted molar refractivity (Wildman–Crippen MR) is 70.9 cm³/mol. The number of benzene rings is 1. The molecule has 1 heterocycles. The Morgan fingerprint density at radius 2 is 2.06 bits per heavy atom. The van der Waals surface area contributed by atoms with Crippen molar-refractivity contribution in [1.29, 1.82) is 0 Å². The summed E-state index contributed by atoms with van der Waals surface area (Å²) < 4.78 is 5.25. The molecule has 1 aliphatic rings. The van der Waals surface area contributed by atoms with Gasteiger partial charge in [-0.15, -0.1) is 0 Å². The van der Waals surface area contributed by atoms with E-state index in [0.29, 0.717) is 13.0 Å². The van der Waals surface area contributed by atoms with Crippen molar-refractivity contribution in [3.8, 4) is 5.75 Å². The molecule has 2 rings (SSSR count). The lowest BCUT2D eigenvalue weighted by Gasteiger charge is -2.12. The number of imide groups is 1. The van der Waals surface area contributed by atoms with Gasteiger partial charge in [0.2, 0.25) is 5.91 Å². The number of methoxy groups -OCH3 is 1. The van der Waals surface area contributed by atoms with Gasteiger partial charge in [-0.25, -0.2) is 0 Å². The van der Waals surface area contributed by atoms with Crippen LogP contribution in [0.2, 0.25) is 0 Å². The molecule has 1 atom stereocenters. The average molecular weight is 265 g/mol. The maximum atomic E-state index is 12.0. The Labute approximate surface area is 110 Å². The molecule has 5 heteroatoms. The summed E-state index contributed by atoms with van der Waals surface area (Å²) in [6.45, 7) is 2.24. The lowest BCUT2D eigenvalue weighted by atomic mass is 10.1. The van der Waals surface area contributed by atoms with Crippen LogP contribution < -0.4 is 4.74 Å². The first kappa shape index (κ1) is 13.0. The van der Waals surface area contributed by atoms with Crippen LogP contribution in [0.1, 0.15) is 12.5 Å². The van der Waals surface area contributed by atoms with Gasteiger partial charge < -0.3 is 4.74 Å². The molecular formula is C13H15NO3S. The lowest BCUT2D eigenvalue weighted by Crippen LogP contribution is -2.31. The molecule has 96 valence electrons.